The molecule has 1 heterocycles. The zero-order chi connectivity index (χ0) is 39.2. The van der Waals surface area contributed by atoms with Crippen molar-refractivity contribution >= 4 is 47.7 Å². The summed E-state index contributed by atoms with van der Waals surface area (Å²) in [4.78, 5) is 48.5. The van der Waals surface area contributed by atoms with Gasteiger partial charge in [-0.05, 0) is 88.1 Å². The molecule has 0 spiro atoms. The number of benzene rings is 3. The average molecular weight is 783 g/mol. The summed E-state index contributed by atoms with van der Waals surface area (Å²) in [6, 6.07) is 13.8. The number of hydrogen-bond acceptors (Lipinski definition) is 12. The Hall–Kier alpha value is -5.15. The number of methoxy groups -OCH3 is 1. The monoisotopic (exact) mass is 782 g/mol. The van der Waals surface area contributed by atoms with Gasteiger partial charge in [0.1, 0.15) is 29.9 Å². The van der Waals surface area contributed by atoms with Crippen molar-refractivity contribution in [2.45, 2.75) is 39.5 Å². The van der Waals surface area contributed by atoms with Crippen molar-refractivity contribution in [3.63, 3.8) is 0 Å². The molecule has 0 aliphatic heterocycles. The first-order valence-corrected chi connectivity index (χ1v) is 19.5. The van der Waals surface area contributed by atoms with Gasteiger partial charge in [0.25, 0.3) is 0 Å². The Morgan fingerprint density at radius 2 is 1.55 bits per heavy atom. The lowest BCUT2D eigenvalue weighted by molar-refractivity contribution is -0.190. The van der Waals surface area contributed by atoms with Gasteiger partial charge in [-0.1, -0.05) is 0 Å². The van der Waals surface area contributed by atoms with E-state index in [1.165, 1.54) is 54.8 Å². The van der Waals surface area contributed by atoms with Crippen molar-refractivity contribution in [1.29, 1.82) is 0 Å². The fourth-order valence-corrected chi connectivity index (χ4v) is 7.23. The molecular weight excluding hydrogens is 741 g/mol. The number of nitrogens with zero attached hydrogens (tertiary/aromatic N) is 2. The van der Waals surface area contributed by atoms with E-state index in [0.717, 1.165) is 18.9 Å². The van der Waals surface area contributed by atoms with Crippen molar-refractivity contribution in [2.75, 3.05) is 50.4 Å². The Kier molecular flexibility index (Phi) is 12.3. The number of anilines is 2. The summed E-state index contributed by atoms with van der Waals surface area (Å²) in [6.07, 6.45) is 3.23. The molecule has 292 valence electrons. The smallest absolute Gasteiger partial charge is 0.347 e. The molecule has 17 heteroatoms. The van der Waals surface area contributed by atoms with Gasteiger partial charge in [-0.25, -0.2) is 8.78 Å². The molecule has 2 saturated carbocycles. The number of halogens is 2. The van der Waals surface area contributed by atoms with Gasteiger partial charge in [0, 0.05) is 35.1 Å². The number of hydroxylamine groups is 2. The van der Waals surface area contributed by atoms with Crippen LogP contribution in [-0.2, 0) is 32.8 Å². The summed E-state index contributed by atoms with van der Waals surface area (Å²) in [7, 11) is -2.16. The largest absolute Gasteiger partial charge is 0.493 e. The number of carbonyl (C=O) groups excluding carboxylic acids is 3. The van der Waals surface area contributed by atoms with Crippen LogP contribution in [0, 0.1) is 23.0 Å². The Bertz CT molecular complexity index is 2090. The lowest BCUT2D eigenvalue weighted by Crippen LogP contribution is -2.35. The number of amides is 2. The summed E-state index contributed by atoms with van der Waals surface area (Å²) in [5.41, 5.74) is -0.411. The van der Waals surface area contributed by atoms with Crippen molar-refractivity contribution in [3.8, 4) is 23.0 Å². The van der Waals surface area contributed by atoms with Crippen LogP contribution in [0.3, 0.4) is 0 Å². The van der Waals surface area contributed by atoms with Crippen LogP contribution in [0.4, 0.5) is 20.2 Å². The predicted octanol–water partition coefficient (Wildman–Crippen LogP) is 7.44. The molecule has 0 bridgehead atoms. The minimum Gasteiger partial charge on any atom is -0.493 e. The SMILES string of the molecule is CCOP(=O)(CN(CCOc1cc2c(Oc3ccc(NC(=O)C4(C(=O)Nc5ccc(F)cc5)CC4)cc3F)ccnc2cc1OC)OC(=O)C1CC1)OCC. The van der Waals surface area contributed by atoms with Crippen molar-refractivity contribution in [3.05, 3.63) is 78.5 Å². The maximum Gasteiger partial charge on any atom is 0.347 e. The molecule has 14 nitrogen and oxygen atoms in total. The van der Waals surface area contributed by atoms with Gasteiger partial charge in [0.15, 0.2) is 23.1 Å². The van der Waals surface area contributed by atoms with E-state index in [9.17, 15) is 23.3 Å². The van der Waals surface area contributed by atoms with Crippen LogP contribution >= 0.6 is 7.60 Å². The lowest BCUT2D eigenvalue weighted by atomic mass is 10.0. The molecule has 0 radical (unpaired) electrons. The Morgan fingerprint density at radius 1 is 0.873 bits per heavy atom. The summed E-state index contributed by atoms with van der Waals surface area (Å²) in [6.45, 7) is 3.62. The van der Waals surface area contributed by atoms with Gasteiger partial charge in [-0.2, -0.15) is 0 Å². The molecule has 4 aromatic rings. The molecule has 0 saturated heterocycles. The molecule has 2 fully saturated rings. The van der Waals surface area contributed by atoms with Crippen LogP contribution < -0.4 is 24.8 Å². The van der Waals surface area contributed by atoms with Crippen LogP contribution in [-0.4, -0.2) is 67.6 Å². The standard InChI is InChI=1S/C38H41F2N4O10P/c1-4-51-55(48,52-5-2)23-44(54-35(45)24-6-7-24)18-19-50-34-21-28-30(22-33(34)49-3)41-17-14-31(28)53-32-13-12-27(20-29(32)40)43-37(47)38(15-16-38)36(46)42-26-10-8-25(39)9-11-26/h8-14,17,20-22,24H,4-7,15-16,18-19,23H2,1-3H3,(H,42,46)(H,43,47). The first kappa shape index (κ1) is 39.5. The highest BCUT2D eigenvalue weighted by molar-refractivity contribution is 7.53. The molecule has 2 aliphatic carbocycles. The van der Waals surface area contributed by atoms with Crippen LogP contribution in [0.1, 0.15) is 39.5 Å². The molecule has 1 aromatic heterocycles. The zero-order valence-electron chi connectivity index (χ0n) is 30.5. The van der Waals surface area contributed by atoms with E-state index >= 15 is 4.39 Å². The van der Waals surface area contributed by atoms with Crippen molar-refractivity contribution in [2.24, 2.45) is 11.3 Å². The third-order valence-corrected chi connectivity index (χ3v) is 10.8. The first-order valence-electron chi connectivity index (χ1n) is 17.8. The number of ether oxygens (including phenoxy) is 3. The summed E-state index contributed by atoms with van der Waals surface area (Å²) < 4.78 is 70.3. The van der Waals surface area contributed by atoms with Crippen LogP contribution in [0.25, 0.3) is 10.9 Å². The number of pyridine rings is 1. The van der Waals surface area contributed by atoms with Gasteiger partial charge in [0.05, 0.1) is 38.3 Å². The molecule has 0 unspecified atom stereocenters. The number of nitrogens with one attached hydrogen (secondary N) is 2. The Labute approximate surface area is 315 Å². The second-order valence-electron chi connectivity index (χ2n) is 12.9. The maximum atomic E-state index is 15.5. The zero-order valence-corrected chi connectivity index (χ0v) is 31.4. The summed E-state index contributed by atoms with van der Waals surface area (Å²) in [5.74, 6) is -2.34. The quantitative estimate of drug-likeness (QED) is 0.0550. The second-order valence-corrected chi connectivity index (χ2v) is 14.9. The molecule has 2 amide bonds. The lowest BCUT2D eigenvalue weighted by Gasteiger charge is -2.25. The topological polar surface area (TPSA) is 164 Å². The fraction of sp³-hybridized carbons (Fsp3) is 0.368. The summed E-state index contributed by atoms with van der Waals surface area (Å²) >= 11 is 0. The van der Waals surface area contributed by atoms with E-state index in [0.29, 0.717) is 35.2 Å². The van der Waals surface area contributed by atoms with Gasteiger partial charge in [-0.15, -0.1) is 5.06 Å². The molecule has 55 heavy (non-hydrogen) atoms. The third-order valence-electron chi connectivity index (χ3n) is 8.83. The third kappa shape index (κ3) is 9.75. The van der Waals surface area contributed by atoms with E-state index in [1.807, 2.05) is 0 Å². The van der Waals surface area contributed by atoms with Gasteiger partial charge >= 0.3 is 13.6 Å². The van der Waals surface area contributed by atoms with E-state index in [4.69, 9.17) is 28.1 Å². The minimum absolute atomic E-state index is 0.00826. The Morgan fingerprint density at radius 3 is 2.16 bits per heavy atom. The van der Waals surface area contributed by atoms with E-state index < -0.39 is 42.4 Å². The minimum atomic E-state index is -3.61. The highest BCUT2D eigenvalue weighted by atomic mass is 31.2. The molecule has 3 aromatic carbocycles. The number of carbonyl (C=O) groups is 3. The maximum absolute atomic E-state index is 15.5. The van der Waals surface area contributed by atoms with Crippen molar-refractivity contribution in [1.82, 2.24) is 10.0 Å². The van der Waals surface area contributed by atoms with E-state index in [1.54, 1.807) is 32.0 Å². The number of rotatable bonds is 19. The van der Waals surface area contributed by atoms with E-state index in [-0.39, 0.29) is 61.5 Å². The highest BCUT2D eigenvalue weighted by Gasteiger charge is 2.56. The second kappa shape index (κ2) is 17.1. The average Bonchev–Trinajstić information content (AvgIpc) is 4.08. The van der Waals surface area contributed by atoms with Crippen LogP contribution in [0.15, 0.2) is 66.9 Å². The van der Waals surface area contributed by atoms with Crippen LogP contribution in [0.2, 0.25) is 0 Å². The first-order chi connectivity index (χ1) is 26.5. The normalized spacial score (nSPS) is 14.7. The molecule has 2 aliphatic rings. The van der Waals surface area contributed by atoms with E-state index in [2.05, 4.69) is 15.6 Å². The molecular formula is C38H41F2N4O10P. The van der Waals surface area contributed by atoms with Gasteiger partial charge < -0.3 is 38.7 Å². The Balaban J connectivity index is 1.13. The molecule has 2 N–H and O–H groups in total. The molecule has 6 rings (SSSR count). The molecule has 0 atom stereocenters. The van der Waals surface area contributed by atoms with Gasteiger partial charge in [-0.3, -0.25) is 23.9 Å². The number of aromatic nitrogens is 1. The van der Waals surface area contributed by atoms with Crippen molar-refractivity contribution < 1.29 is 55.8 Å². The number of hydrogen-bond donors (Lipinski definition) is 2. The highest BCUT2D eigenvalue weighted by Crippen LogP contribution is 2.49. The van der Waals surface area contributed by atoms with Gasteiger partial charge in [0.2, 0.25) is 11.8 Å². The number of fused-ring (bicyclic) bond motifs is 1. The van der Waals surface area contributed by atoms with Crippen LogP contribution in [0.5, 0.6) is 23.0 Å². The summed E-state index contributed by atoms with van der Waals surface area (Å²) in [5, 5.41) is 6.92. The predicted molar refractivity (Wildman–Crippen MR) is 197 cm³/mol. The fourth-order valence-electron chi connectivity index (χ4n) is 5.62.